The molecule has 0 aliphatic carbocycles. The Morgan fingerprint density at radius 2 is 2.21 bits per heavy atom. The van der Waals surface area contributed by atoms with Crippen LogP contribution in [0.1, 0.15) is 18.1 Å². The number of aryl methyl sites for hydroxylation is 1. The molecule has 0 spiro atoms. The minimum Gasteiger partial charge on any atom is -0.329 e. The van der Waals surface area contributed by atoms with Crippen LogP contribution in [0.4, 0.5) is 4.39 Å². The second-order valence-electron chi connectivity index (χ2n) is 3.60. The van der Waals surface area contributed by atoms with Crippen LogP contribution < -0.4 is 11.1 Å². The molecule has 0 unspecified atom stereocenters. The molecule has 0 saturated carbocycles. The van der Waals surface area contributed by atoms with Gasteiger partial charge in [0, 0.05) is 19.1 Å². The predicted octanol–water partition coefficient (Wildman–Crippen LogP) is 1.57. The van der Waals surface area contributed by atoms with Crippen molar-refractivity contribution in [3.05, 3.63) is 35.1 Å². The average molecular weight is 196 g/mol. The Kier molecular flexibility index (Phi) is 4.04. The van der Waals surface area contributed by atoms with Gasteiger partial charge in [-0.15, -0.1) is 0 Å². The van der Waals surface area contributed by atoms with E-state index in [2.05, 4.69) is 5.32 Å². The van der Waals surface area contributed by atoms with Crippen molar-refractivity contribution in [3.8, 4) is 0 Å². The first-order chi connectivity index (χ1) is 6.63. The van der Waals surface area contributed by atoms with Gasteiger partial charge in [-0.05, 0) is 31.0 Å². The number of halogens is 1. The van der Waals surface area contributed by atoms with E-state index in [0.29, 0.717) is 18.7 Å². The third kappa shape index (κ3) is 3.09. The van der Waals surface area contributed by atoms with Gasteiger partial charge in [-0.1, -0.05) is 12.1 Å². The van der Waals surface area contributed by atoms with Gasteiger partial charge in [0.25, 0.3) is 0 Å². The fraction of sp³-hybridized carbons (Fsp3) is 0.455. The molecule has 0 aliphatic rings. The summed E-state index contributed by atoms with van der Waals surface area (Å²) in [5.41, 5.74) is 7.09. The molecule has 3 heteroatoms. The Hall–Kier alpha value is -0.930. The third-order valence-electron chi connectivity index (χ3n) is 2.24. The number of nitrogens with one attached hydrogen (secondary N) is 1. The summed E-state index contributed by atoms with van der Waals surface area (Å²) in [5, 5.41) is 3.20. The highest BCUT2D eigenvalue weighted by molar-refractivity contribution is 5.23. The predicted molar refractivity (Wildman–Crippen MR) is 56.5 cm³/mol. The van der Waals surface area contributed by atoms with E-state index in [1.807, 2.05) is 13.0 Å². The summed E-state index contributed by atoms with van der Waals surface area (Å²) in [6.45, 7) is 5.02. The molecule has 0 amide bonds. The zero-order valence-corrected chi connectivity index (χ0v) is 8.68. The molecule has 0 aromatic heterocycles. The molecule has 2 nitrogen and oxygen atoms in total. The first kappa shape index (κ1) is 11.1. The minimum atomic E-state index is -0.148. The van der Waals surface area contributed by atoms with Gasteiger partial charge >= 0.3 is 0 Å². The lowest BCUT2D eigenvalue weighted by atomic mass is 10.1. The molecule has 0 heterocycles. The molecule has 1 rings (SSSR count). The van der Waals surface area contributed by atoms with Crippen LogP contribution in [0.15, 0.2) is 18.2 Å². The molecule has 0 fully saturated rings. The van der Waals surface area contributed by atoms with Crippen molar-refractivity contribution < 1.29 is 4.39 Å². The molecule has 0 bridgehead atoms. The van der Waals surface area contributed by atoms with Gasteiger partial charge in [-0.2, -0.15) is 0 Å². The Balaban J connectivity index is 2.55. The fourth-order valence-electron chi connectivity index (χ4n) is 1.12. The first-order valence-electron chi connectivity index (χ1n) is 4.82. The summed E-state index contributed by atoms with van der Waals surface area (Å²) < 4.78 is 13.1. The SMILES string of the molecule is Cc1ccc(CN[C@@H](C)CN)cc1F. The largest absolute Gasteiger partial charge is 0.329 e. The van der Waals surface area contributed by atoms with Gasteiger partial charge < -0.3 is 11.1 Å². The molecular formula is C11H17FN2. The van der Waals surface area contributed by atoms with Gasteiger partial charge in [-0.3, -0.25) is 0 Å². The van der Waals surface area contributed by atoms with E-state index in [1.165, 1.54) is 0 Å². The van der Waals surface area contributed by atoms with E-state index in [1.54, 1.807) is 19.1 Å². The van der Waals surface area contributed by atoms with Gasteiger partial charge in [0.05, 0.1) is 0 Å². The zero-order chi connectivity index (χ0) is 10.6. The van der Waals surface area contributed by atoms with E-state index < -0.39 is 0 Å². The van der Waals surface area contributed by atoms with Crippen LogP contribution in [0, 0.1) is 12.7 Å². The van der Waals surface area contributed by atoms with Crippen LogP contribution in [0.25, 0.3) is 0 Å². The molecule has 0 aliphatic heterocycles. The van der Waals surface area contributed by atoms with E-state index in [0.717, 1.165) is 5.56 Å². The van der Waals surface area contributed by atoms with Gasteiger partial charge in [-0.25, -0.2) is 4.39 Å². The number of hydrogen-bond acceptors (Lipinski definition) is 2. The lowest BCUT2D eigenvalue weighted by molar-refractivity contribution is 0.552. The number of benzene rings is 1. The van der Waals surface area contributed by atoms with Crippen molar-refractivity contribution >= 4 is 0 Å². The maximum atomic E-state index is 13.1. The highest BCUT2D eigenvalue weighted by Gasteiger charge is 2.01. The summed E-state index contributed by atoms with van der Waals surface area (Å²) in [6, 6.07) is 5.54. The molecule has 3 N–H and O–H groups in total. The molecule has 78 valence electrons. The first-order valence-corrected chi connectivity index (χ1v) is 4.82. The van der Waals surface area contributed by atoms with Crippen LogP contribution in [0.3, 0.4) is 0 Å². The third-order valence-corrected chi connectivity index (χ3v) is 2.24. The Bertz CT molecular complexity index is 299. The Morgan fingerprint density at radius 3 is 2.79 bits per heavy atom. The highest BCUT2D eigenvalue weighted by atomic mass is 19.1. The molecule has 1 aromatic carbocycles. The average Bonchev–Trinajstić information content (AvgIpc) is 2.19. The van der Waals surface area contributed by atoms with Gasteiger partial charge in [0.1, 0.15) is 5.82 Å². The molecule has 14 heavy (non-hydrogen) atoms. The van der Waals surface area contributed by atoms with Crippen LogP contribution in [0.5, 0.6) is 0 Å². The Labute approximate surface area is 84.3 Å². The van der Waals surface area contributed by atoms with E-state index >= 15 is 0 Å². The van der Waals surface area contributed by atoms with Crippen LogP contribution in [-0.4, -0.2) is 12.6 Å². The summed E-state index contributed by atoms with van der Waals surface area (Å²) >= 11 is 0. The molecule has 1 aromatic rings. The maximum absolute atomic E-state index is 13.1. The number of nitrogens with two attached hydrogens (primary N) is 1. The van der Waals surface area contributed by atoms with E-state index in [9.17, 15) is 4.39 Å². The summed E-state index contributed by atoms with van der Waals surface area (Å²) in [6.07, 6.45) is 0. The zero-order valence-electron chi connectivity index (χ0n) is 8.68. The quantitative estimate of drug-likeness (QED) is 0.767. The second-order valence-corrected chi connectivity index (χ2v) is 3.60. The highest BCUT2D eigenvalue weighted by Crippen LogP contribution is 2.08. The number of hydrogen-bond donors (Lipinski definition) is 2. The Morgan fingerprint density at radius 1 is 1.50 bits per heavy atom. The monoisotopic (exact) mass is 196 g/mol. The van der Waals surface area contributed by atoms with Crippen molar-refractivity contribution in [3.63, 3.8) is 0 Å². The summed E-state index contributed by atoms with van der Waals surface area (Å²) in [4.78, 5) is 0. The van der Waals surface area contributed by atoms with Crippen molar-refractivity contribution in [2.45, 2.75) is 26.4 Å². The van der Waals surface area contributed by atoms with Crippen LogP contribution in [-0.2, 0) is 6.54 Å². The summed E-state index contributed by atoms with van der Waals surface area (Å²) in [5.74, 6) is -0.148. The minimum absolute atomic E-state index is 0.148. The molecular weight excluding hydrogens is 179 g/mol. The van der Waals surface area contributed by atoms with Gasteiger partial charge in [0.15, 0.2) is 0 Å². The molecule has 1 atom stereocenters. The standard InChI is InChI=1S/C11H17FN2/c1-8-3-4-10(5-11(8)12)7-14-9(2)6-13/h3-5,9,14H,6-7,13H2,1-2H3/t9-/m0/s1. The molecule has 0 radical (unpaired) electrons. The molecule has 0 saturated heterocycles. The van der Waals surface area contributed by atoms with E-state index in [4.69, 9.17) is 5.73 Å². The van der Waals surface area contributed by atoms with Gasteiger partial charge in [0.2, 0.25) is 0 Å². The second kappa shape index (κ2) is 5.08. The van der Waals surface area contributed by atoms with Crippen molar-refractivity contribution in [2.75, 3.05) is 6.54 Å². The smallest absolute Gasteiger partial charge is 0.126 e. The van der Waals surface area contributed by atoms with Crippen molar-refractivity contribution in [2.24, 2.45) is 5.73 Å². The topological polar surface area (TPSA) is 38.0 Å². The maximum Gasteiger partial charge on any atom is 0.126 e. The van der Waals surface area contributed by atoms with Crippen molar-refractivity contribution in [1.82, 2.24) is 5.32 Å². The lowest BCUT2D eigenvalue weighted by Gasteiger charge is -2.11. The number of rotatable bonds is 4. The lowest BCUT2D eigenvalue weighted by Crippen LogP contribution is -2.32. The fourth-order valence-corrected chi connectivity index (χ4v) is 1.12. The van der Waals surface area contributed by atoms with Crippen molar-refractivity contribution in [1.29, 1.82) is 0 Å². The van der Waals surface area contributed by atoms with Crippen LogP contribution >= 0.6 is 0 Å². The summed E-state index contributed by atoms with van der Waals surface area (Å²) in [7, 11) is 0. The normalized spacial score (nSPS) is 12.9. The van der Waals surface area contributed by atoms with E-state index in [-0.39, 0.29) is 11.9 Å². The van der Waals surface area contributed by atoms with Crippen LogP contribution in [0.2, 0.25) is 0 Å².